The van der Waals surface area contributed by atoms with Crippen molar-refractivity contribution in [3.05, 3.63) is 32.6 Å². The molecule has 1 aromatic heterocycles. The molecule has 9 nitrogen and oxygen atoms in total. The number of aliphatic hydroxyl groups is 2. The Kier molecular flexibility index (Phi) is 6.38. The van der Waals surface area contributed by atoms with E-state index in [1.54, 1.807) is 5.32 Å². The number of halogens is 4. The van der Waals surface area contributed by atoms with Crippen molar-refractivity contribution in [1.29, 1.82) is 0 Å². The Morgan fingerprint density at radius 1 is 1.37 bits per heavy atom. The Labute approximate surface area is 148 Å². The van der Waals surface area contributed by atoms with E-state index in [4.69, 9.17) is 9.84 Å². The van der Waals surface area contributed by atoms with Crippen molar-refractivity contribution in [2.24, 2.45) is 0 Å². The molecule has 1 fully saturated rings. The van der Waals surface area contributed by atoms with Crippen LogP contribution in [0.3, 0.4) is 0 Å². The standard InChI is InChI=1S/C14H17F4N3O6/c15-8-9(23)7(5-22)27-11(8)21-4-6(10(24)20-13(21)26)2-1-3-19-12(25)14(16,17)18/h4,7-9,11,22-23H,1-3,5H2,(H,19,25)(H,20,24,26)/t7-,8-,9-,11-/m1/s1. The molecule has 27 heavy (non-hydrogen) atoms. The third-order valence-corrected chi connectivity index (χ3v) is 3.96. The average molecular weight is 399 g/mol. The smallest absolute Gasteiger partial charge is 0.394 e. The van der Waals surface area contributed by atoms with Gasteiger partial charge in [-0.1, -0.05) is 0 Å². The fourth-order valence-electron chi connectivity index (χ4n) is 2.55. The highest BCUT2D eigenvalue weighted by molar-refractivity contribution is 5.81. The van der Waals surface area contributed by atoms with Crippen LogP contribution in [0.25, 0.3) is 0 Å². The Balaban J connectivity index is 2.09. The zero-order valence-electron chi connectivity index (χ0n) is 13.7. The number of aliphatic hydroxyl groups excluding tert-OH is 2. The summed E-state index contributed by atoms with van der Waals surface area (Å²) in [5, 5.41) is 20.3. The molecular formula is C14H17F4N3O6. The van der Waals surface area contributed by atoms with Crippen LogP contribution in [-0.4, -0.2) is 63.4 Å². The molecule has 2 heterocycles. The van der Waals surface area contributed by atoms with E-state index in [1.165, 1.54) is 0 Å². The van der Waals surface area contributed by atoms with Crippen molar-refractivity contribution in [1.82, 2.24) is 14.9 Å². The number of hydrogen-bond donors (Lipinski definition) is 4. The molecule has 1 aliphatic heterocycles. The number of carbonyl (C=O) groups is 1. The first-order chi connectivity index (χ1) is 12.6. The van der Waals surface area contributed by atoms with Gasteiger partial charge in [-0.3, -0.25) is 19.1 Å². The Morgan fingerprint density at radius 3 is 2.59 bits per heavy atom. The molecule has 0 unspecified atom stereocenters. The van der Waals surface area contributed by atoms with Gasteiger partial charge in [0.1, 0.15) is 12.2 Å². The van der Waals surface area contributed by atoms with Crippen LogP contribution in [0, 0.1) is 0 Å². The van der Waals surface area contributed by atoms with E-state index in [9.17, 15) is 37.1 Å². The molecule has 0 spiro atoms. The van der Waals surface area contributed by atoms with Gasteiger partial charge in [-0.25, -0.2) is 9.18 Å². The van der Waals surface area contributed by atoms with E-state index in [1.807, 2.05) is 4.98 Å². The van der Waals surface area contributed by atoms with Gasteiger partial charge in [0, 0.05) is 18.3 Å². The molecule has 0 bridgehead atoms. The van der Waals surface area contributed by atoms with E-state index in [2.05, 4.69) is 0 Å². The van der Waals surface area contributed by atoms with Crippen molar-refractivity contribution < 1.29 is 37.3 Å². The first kappa shape index (κ1) is 21.1. The summed E-state index contributed by atoms with van der Waals surface area (Å²) in [5.41, 5.74) is -1.91. The number of aromatic nitrogens is 2. The second-order valence-corrected chi connectivity index (χ2v) is 5.86. The van der Waals surface area contributed by atoms with E-state index >= 15 is 0 Å². The Bertz CT molecular complexity index is 792. The molecule has 1 amide bonds. The van der Waals surface area contributed by atoms with Gasteiger partial charge >= 0.3 is 17.8 Å². The monoisotopic (exact) mass is 399 g/mol. The van der Waals surface area contributed by atoms with Gasteiger partial charge in [0.25, 0.3) is 5.56 Å². The molecule has 0 radical (unpaired) electrons. The number of H-pyrrole nitrogens is 1. The number of hydrogen-bond acceptors (Lipinski definition) is 6. The minimum Gasteiger partial charge on any atom is -0.394 e. The fourth-order valence-corrected chi connectivity index (χ4v) is 2.55. The molecule has 152 valence electrons. The lowest BCUT2D eigenvalue weighted by molar-refractivity contribution is -0.173. The molecular weight excluding hydrogens is 382 g/mol. The van der Waals surface area contributed by atoms with Gasteiger partial charge in [-0.2, -0.15) is 13.2 Å². The second-order valence-electron chi connectivity index (χ2n) is 5.86. The van der Waals surface area contributed by atoms with Crippen LogP contribution >= 0.6 is 0 Å². The Hall–Kier alpha value is -2.25. The highest BCUT2D eigenvalue weighted by atomic mass is 19.4. The predicted molar refractivity (Wildman–Crippen MR) is 80.6 cm³/mol. The number of aryl methyl sites for hydroxylation is 1. The number of amides is 1. The summed E-state index contributed by atoms with van der Waals surface area (Å²) in [6.45, 7) is -1.07. The summed E-state index contributed by atoms with van der Waals surface area (Å²) in [5.74, 6) is -2.12. The summed E-state index contributed by atoms with van der Waals surface area (Å²) in [6, 6.07) is 0. The van der Waals surface area contributed by atoms with Crippen molar-refractivity contribution in [3.8, 4) is 0 Å². The number of alkyl halides is 4. The number of carbonyl (C=O) groups excluding carboxylic acids is 1. The van der Waals surface area contributed by atoms with Crippen molar-refractivity contribution in [3.63, 3.8) is 0 Å². The topological polar surface area (TPSA) is 134 Å². The Morgan fingerprint density at radius 2 is 2.04 bits per heavy atom. The van der Waals surface area contributed by atoms with Crippen LogP contribution in [0.2, 0.25) is 0 Å². The second kappa shape index (κ2) is 8.19. The third kappa shape index (κ3) is 4.73. The number of nitrogens with one attached hydrogen (secondary N) is 2. The number of ether oxygens (including phenoxy) is 1. The molecule has 1 saturated heterocycles. The van der Waals surface area contributed by atoms with Crippen LogP contribution in [-0.2, 0) is 16.0 Å². The first-order valence-electron chi connectivity index (χ1n) is 7.84. The molecule has 1 aromatic rings. The number of aromatic amines is 1. The van der Waals surface area contributed by atoms with Crippen LogP contribution in [0.1, 0.15) is 18.2 Å². The van der Waals surface area contributed by atoms with Crippen molar-refractivity contribution >= 4 is 5.91 Å². The van der Waals surface area contributed by atoms with Crippen LogP contribution in [0.4, 0.5) is 17.6 Å². The maximum absolute atomic E-state index is 14.1. The average Bonchev–Trinajstić information content (AvgIpc) is 2.87. The van der Waals surface area contributed by atoms with E-state index in [0.717, 1.165) is 6.20 Å². The van der Waals surface area contributed by atoms with E-state index < -0.39 is 54.5 Å². The number of rotatable bonds is 6. The van der Waals surface area contributed by atoms with Gasteiger partial charge in [0.15, 0.2) is 12.4 Å². The van der Waals surface area contributed by atoms with Crippen LogP contribution in [0.5, 0.6) is 0 Å². The fraction of sp³-hybridized carbons (Fsp3) is 0.643. The van der Waals surface area contributed by atoms with Gasteiger partial charge in [-0.15, -0.1) is 0 Å². The minimum atomic E-state index is -5.02. The molecule has 13 heteroatoms. The molecule has 0 aromatic carbocycles. The molecule has 2 rings (SSSR count). The lowest BCUT2D eigenvalue weighted by Crippen LogP contribution is -2.38. The summed E-state index contributed by atoms with van der Waals surface area (Å²) >= 11 is 0. The van der Waals surface area contributed by atoms with Crippen molar-refractivity contribution in [2.45, 2.75) is 43.6 Å². The van der Waals surface area contributed by atoms with Crippen molar-refractivity contribution in [2.75, 3.05) is 13.2 Å². The van der Waals surface area contributed by atoms with Crippen LogP contribution < -0.4 is 16.6 Å². The summed E-state index contributed by atoms with van der Waals surface area (Å²) in [6.07, 6.45) is -10.8. The molecule has 4 N–H and O–H groups in total. The predicted octanol–water partition coefficient (Wildman–Crippen LogP) is -1.26. The highest BCUT2D eigenvalue weighted by Crippen LogP contribution is 2.30. The SMILES string of the molecule is O=C(NCCCc1cn([C@@H]2O[C@H](CO)[C@@H](O)[C@H]2F)c(=O)[nH]c1=O)C(F)(F)F. The molecule has 0 saturated carbocycles. The van der Waals surface area contributed by atoms with Gasteiger partial charge in [0.05, 0.1) is 6.61 Å². The highest BCUT2D eigenvalue weighted by Gasteiger charge is 2.45. The molecule has 4 atom stereocenters. The quantitative estimate of drug-likeness (QED) is 0.349. The van der Waals surface area contributed by atoms with E-state index in [-0.39, 0.29) is 24.9 Å². The van der Waals surface area contributed by atoms with Crippen LogP contribution in [0.15, 0.2) is 15.8 Å². The molecule has 1 aliphatic rings. The summed E-state index contributed by atoms with van der Waals surface area (Å²) < 4.78 is 56.1. The lowest BCUT2D eigenvalue weighted by atomic mass is 10.1. The van der Waals surface area contributed by atoms with Gasteiger partial charge in [0.2, 0.25) is 0 Å². The number of nitrogens with zero attached hydrogens (tertiary/aromatic N) is 1. The molecule has 0 aliphatic carbocycles. The zero-order chi connectivity index (χ0) is 20.4. The van der Waals surface area contributed by atoms with Gasteiger partial charge < -0.3 is 20.3 Å². The maximum atomic E-state index is 14.1. The normalized spacial score (nSPS) is 25.6. The largest absolute Gasteiger partial charge is 0.471 e. The van der Waals surface area contributed by atoms with E-state index in [0.29, 0.717) is 4.57 Å². The van der Waals surface area contributed by atoms with Gasteiger partial charge in [-0.05, 0) is 12.8 Å². The lowest BCUT2D eigenvalue weighted by Gasteiger charge is -2.16. The summed E-state index contributed by atoms with van der Waals surface area (Å²) in [4.78, 5) is 36.3. The zero-order valence-corrected chi connectivity index (χ0v) is 13.7. The minimum absolute atomic E-state index is 0.0599. The first-order valence-corrected chi connectivity index (χ1v) is 7.84. The maximum Gasteiger partial charge on any atom is 0.471 e. The summed E-state index contributed by atoms with van der Waals surface area (Å²) in [7, 11) is 0. The third-order valence-electron chi connectivity index (χ3n) is 3.96.